The van der Waals surface area contributed by atoms with Crippen molar-refractivity contribution in [2.24, 2.45) is 12.1 Å². The zero-order chi connectivity index (χ0) is 17.1. The second-order valence-electron chi connectivity index (χ2n) is 6.16. The predicted octanol–water partition coefficient (Wildman–Crippen LogP) is 1.94. The van der Waals surface area contributed by atoms with E-state index in [1.807, 2.05) is 37.7 Å². The molecule has 0 saturated carbocycles. The highest BCUT2D eigenvalue weighted by atomic mass is 16.2. The van der Waals surface area contributed by atoms with Crippen LogP contribution in [0.2, 0.25) is 0 Å². The fourth-order valence-corrected chi connectivity index (χ4v) is 3.13. The van der Waals surface area contributed by atoms with Gasteiger partial charge in [0.1, 0.15) is 0 Å². The number of aryl methyl sites for hydroxylation is 3. The van der Waals surface area contributed by atoms with Crippen molar-refractivity contribution in [1.82, 2.24) is 15.2 Å². The molecule has 1 aromatic carbocycles. The standard InChI is InChI=1S/C18H23N5O/c1-13-16(14(2)22(3)21-13)11-19-20-18(24)12-23-10-6-8-15-7-4-5-9-17(15)23/h4-5,7,9,11H,6,8,10,12H2,1-3H3,(H,20,24)/b19-11-. The van der Waals surface area contributed by atoms with Gasteiger partial charge < -0.3 is 4.90 Å². The number of nitrogens with one attached hydrogen (secondary N) is 1. The number of nitrogens with zero attached hydrogens (tertiary/aromatic N) is 4. The molecule has 2 aromatic rings. The fourth-order valence-electron chi connectivity index (χ4n) is 3.13. The Labute approximate surface area is 142 Å². The van der Waals surface area contributed by atoms with Crippen molar-refractivity contribution >= 4 is 17.8 Å². The molecule has 0 aliphatic carbocycles. The molecule has 0 fully saturated rings. The number of hydrogen-bond donors (Lipinski definition) is 1. The van der Waals surface area contributed by atoms with Crippen molar-refractivity contribution < 1.29 is 4.79 Å². The van der Waals surface area contributed by atoms with Gasteiger partial charge in [-0.15, -0.1) is 0 Å². The van der Waals surface area contributed by atoms with Crippen LogP contribution in [0.4, 0.5) is 5.69 Å². The largest absolute Gasteiger partial charge is 0.362 e. The average Bonchev–Trinajstić information content (AvgIpc) is 2.81. The Morgan fingerprint density at radius 3 is 2.92 bits per heavy atom. The average molecular weight is 325 g/mol. The lowest BCUT2D eigenvalue weighted by atomic mass is 10.0. The maximum atomic E-state index is 12.2. The van der Waals surface area contributed by atoms with E-state index in [9.17, 15) is 4.79 Å². The van der Waals surface area contributed by atoms with Gasteiger partial charge in [0.25, 0.3) is 5.91 Å². The van der Waals surface area contributed by atoms with Crippen molar-refractivity contribution in [2.75, 3.05) is 18.0 Å². The molecule has 0 saturated heterocycles. The van der Waals surface area contributed by atoms with Gasteiger partial charge in [-0.2, -0.15) is 10.2 Å². The molecule has 0 unspecified atom stereocenters. The van der Waals surface area contributed by atoms with E-state index < -0.39 is 0 Å². The Morgan fingerprint density at radius 2 is 2.17 bits per heavy atom. The maximum Gasteiger partial charge on any atom is 0.259 e. The fraction of sp³-hybridized carbons (Fsp3) is 0.389. The van der Waals surface area contributed by atoms with Crippen LogP contribution >= 0.6 is 0 Å². The third-order valence-corrected chi connectivity index (χ3v) is 4.49. The molecule has 1 aliphatic heterocycles. The lowest BCUT2D eigenvalue weighted by molar-refractivity contribution is -0.119. The monoisotopic (exact) mass is 325 g/mol. The minimum Gasteiger partial charge on any atom is -0.362 e. The molecular formula is C18H23N5O. The molecular weight excluding hydrogens is 302 g/mol. The summed E-state index contributed by atoms with van der Waals surface area (Å²) >= 11 is 0. The Balaban J connectivity index is 1.62. The Bertz CT molecular complexity index is 778. The number of para-hydroxylation sites is 1. The first kappa shape index (κ1) is 16.2. The summed E-state index contributed by atoms with van der Waals surface area (Å²) in [5.41, 5.74) is 7.96. The number of benzene rings is 1. The van der Waals surface area contributed by atoms with Crippen LogP contribution in [0.15, 0.2) is 29.4 Å². The third kappa shape index (κ3) is 3.32. The first-order chi connectivity index (χ1) is 11.6. The SMILES string of the molecule is Cc1nn(C)c(C)c1/C=N\NC(=O)CN1CCCc2ccccc21. The normalized spacial score (nSPS) is 14.0. The van der Waals surface area contributed by atoms with Crippen LogP contribution in [-0.4, -0.2) is 35.0 Å². The molecule has 6 nitrogen and oxygen atoms in total. The second kappa shape index (κ2) is 6.86. The summed E-state index contributed by atoms with van der Waals surface area (Å²) in [6, 6.07) is 8.27. The molecule has 1 aliphatic rings. The van der Waals surface area contributed by atoms with Crippen LogP contribution in [0.3, 0.4) is 0 Å². The number of carbonyl (C=O) groups is 1. The molecule has 1 amide bonds. The van der Waals surface area contributed by atoms with Gasteiger partial charge in [-0.25, -0.2) is 5.43 Å². The highest BCUT2D eigenvalue weighted by Gasteiger charge is 2.18. The van der Waals surface area contributed by atoms with Crippen LogP contribution in [0, 0.1) is 13.8 Å². The quantitative estimate of drug-likeness (QED) is 0.690. The van der Waals surface area contributed by atoms with Crippen LogP contribution in [0.1, 0.15) is 28.9 Å². The number of fused-ring (bicyclic) bond motifs is 1. The summed E-state index contributed by atoms with van der Waals surface area (Å²) in [5.74, 6) is -0.109. The van der Waals surface area contributed by atoms with Crippen LogP contribution in [0.25, 0.3) is 0 Å². The van der Waals surface area contributed by atoms with Gasteiger partial charge in [0.2, 0.25) is 0 Å². The van der Waals surface area contributed by atoms with Crippen molar-refractivity contribution in [3.8, 4) is 0 Å². The van der Waals surface area contributed by atoms with Crippen LogP contribution in [0.5, 0.6) is 0 Å². The highest BCUT2D eigenvalue weighted by Crippen LogP contribution is 2.26. The van der Waals surface area contributed by atoms with Crippen molar-refractivity contribution in [2.45, 2.75) is 26.7 Å². The summed E-state index contributed by atoms with van der Waals surface area (Å²) in [5, 5.41) is 8.42. The molecule has 126 valence electrons. The van der Waals surface area contributed by atoms with E-state index in [1.54, 1.807) is 6.21 Å². The lowest BCUT2D eigenvalue weighted by Crippen LogP contribution is -2.38. The zero-order valence-corrected chi connectivity index (χ0v) is 14.4. The molecule has 24 heavy (non-hydrogen) atoms. The zero-order valence-electron chi connectivity index (χ0n) is 14.4. The van der Waals surface area contributed by atoms with Gasteiger partial charge in [0.15, 0.2) is 0 Å². The van der Waals surface area contributed by atoms with Gasteiger partial charge in [-0.1, -0.05) is 18.2 Å². The first-order valence-corrected chi connectivity index (χ1v) is 8.21. The molecule has 3 rings (SSSR count). The second-order valence-corrected chi connectivity index (χ2v) is 6.16. The third-order valence-electron chi connectivity index (χ3n) is 4.49. The van der Waals surface area contributed by atoms with Crippen molar-refractivity contribution in [3.63, 3.8) is 0 Å². The lowest BCUT2D eigenvalue weighted by Gasteiger charge is -2.30. The van der Waals surface area contributed by atoms with Crippen LogP contribution < -0.4 is 10.3 Å². The molecule has 0 spiro atoms. The van der Waals surface area contributed by atoms with Crippen LogP contribution in [-0.2, 0) is 18.3 Å². The molecule has 0 atom stereocenters. The van der Waals surface area contributed by atoms with Gasteiger partial charge in [0, 0.05) is 30.5 Å². The number of aromatic nitrogens is 2. The molecule has 6 heteroatoms. The molecule has 2 heterocycles. The summed E-state index contributed by atoms with van der Waals surface area (Å²) in [7, 11) is 1.89. The van der Waals surface area contributed by atoms with Crippen molar-refractivity contribution in [3.05, 3.63) is 46.8 Å². The van der Waals surface area contributed by atoms with E-state index in [2.05, 4.69) is 32.7 Å². The number of amides is 1. The number of hydrazone groups is 1. The summed E-state index contributed by atoms with van der Waals surface area (Å²) in [6.07, 6.45) is 3.81. The maximum absolute atomic E-state index is 12.2. The number of rotatable bonds is 4. The summed E-state index contributed by atoms with van der Waals surface area (Å²) in [4.78, 5) is 14.3. The number of anilines is 1. The minimum absolute atomic E-state index is 0.109. The smallest absolute Gasteiger partial charge is 0.259 e. The minimum atomic E-state index is -0.109. The van der Waals surface area contributed by atoms with Gasteiger partial charge in [-0.05, 0) is 38.3 Å². The van der Waals surface area contributed by atoms with Gasteiger partial charge in [-0.3, -0.25) is 9.48 Å². The van der Waals surface area contributed by atoms with E-state index in [1.165, 1.54) is 5.56 Å². The van der Waals surface area contributed by atoms with Gasteiger partial charge in [0.05, 0.1) is 18.5 Å². The molecule has 1 aromatic heterocycles. The topological polar surface area (TPSA) is 62.5 Å². The van der Waals surface area contributed by atoms with E-state index in [-0.39, 0.29) is 5.91 Å². The highest BCUT2D eigenvalue weighted by molar-refractivity contribution is 5.86. The number of carbonyl (C=O) groups excluding carboxylic acids is 1. The predicted molar refractivity (Wildman–Crippen MR) is 95.4 cm³/mol. The van der Waals surface area contributed by atoms with E-state index in [0.29, 0.717) is 6.54 Å². The Hall–Kier alpha value is -2.63. The van der Waals surface area contributed by atoms with Crippen molar-refractivity contribution in [1.29, 1.82) is 0 Å². The van der Waals surface area contributed by atoms with E-state index in [4.69, 9.17) is 0 Å². The molecule has 1 N–H and O–H groups in total. The Kier molecular flexibility index (Phi) is 4.64. The molecule has 0 bridgehead atoms. The summed E-state index contributed by atoms with van der Waals surface area (Å²) in [6.45, 7) is 5.13. The van der Waals surface area contributed by atoms with E-state index >= 15 is 0 Å². The molecule has 0 radical (unpaired) electrons. The van der Waals surface area contributed by atoms with Gasteiger partial charge >= 0.3 is 0 Å². The Morgan fingerprint density at radius 1 is 1.38 bits per heavy atom. The summed E-state index contributed by atoms with van der Waals surface area (Å²) < 4.78 is 1.81. The first-order valence-electron chi connectivity index (χ1n) is 8.21. The van der Waals surface area contributed by atoms with E-state index in [0.717, 1.165) is 42.0 Å². The number of hydrogen-bond acceptors (Lipinski definition) is 4.